The van der Waals surface area contributed by atoms with Gasteiger partial charge in [0.15, 0.2) is 23.0 Å². The second-order valence-electron chi connectivity index (χ2n) is 17.4. The first-order chi connectivity index (χ1) is 32.3. The maximum atomic E-state index is 7.05. The SMILES string of the molecule is C1=C[C@H]2C(=C2N(c2ccccc2)c2ccccc2-c2ccc3c(c2)Oc2ccc4c(c2O3)-c2ccccc2C42c3ccccc3-c3ccccc32)C(c2ccccc2)=C1c1ccccc1. The summed E-state index contributed by atoms with van der Waals surface area (Å²) in [6.07, 6.45) is 4.70. The molecule has 14 rings (SSSR count). The Morgan fingerprint density at radius 1 is 0.415 bits per heavy atom. The highest BCUT2D eigenvalue weighted by atomic mass is 16.6. The summed E-state index contributed by atoms with van der Waals surface area (Å²) in [5, 5.41) is 0. The number of nitrogens with zero attached hydrogens (tertiary/aromatic N) is 1. The van der Waals surface area contributed by atoms with Gasteiger partial charge >= 0.3 is 0 Å². The van der Waals surface area contributed by atoms with E-state index in [4.69, 9.17) is 9.47 Å². The van der Waals surface area contributed by atoms with E-state index >= 15 is 0 Å². The fourth-order valence-corrected chi connectivity index (χ4v) is 11.4. The van der Waals surface area contributed by atoms with Crippen LogP contribution in [0.2, 0.25) is 0 Å². The minimum absolute atomic E-state index is 0.180. The molecule has 9 aromatic rings. The molecule has 304 valence electrons. The Hall–Kier alpha value is -8.40. The van der Waals surface area contributed by atoms with E-state index in [0.717, 1.165) is 33.8 Å². The first-order valence-electron chi connectivity index (χ1n) is 22.5. The van der Waals surface area contributed by atoms with E-state index in [9.17, 15) is 0 Å². The molecule has 0 radical (unpaired) electrons. The van der Waals surface area contributed by atoms with Gasteiger partial charge in [0.2, 0.25) is 0 Å². The molecule has 0 amide bonds. The third-order valence-corrected chi connectivity index (χ3v) is 14.1. The molecule has 3 nitrogen and oxygen atoms in total. The monoisotopic (exact) mass is 829 g/mol. The lowest BCUT2D eigenvalue weighted by Gasteiger charge is -2.31. The van der Waals surface area contributed by atoms with Gasteiger partial charge in [-0.05, 0) is 109 Å². The molecule has 4 aliphatic carbocycles. The van der Waals surface area contributed by atoms with Crippen molar-refractivity contribution in [3.8, 4) is 56.4 Å². The lowest BCUT2D eigenvalue weighted by Crippen LogP contribution is -2.25. The average molecular weight is 830 g/mol. The Morgan fingerprint density at radius 3 is 1.69 bits per heavy atom. The van der Waals surface area contributed by atoms with E-state index in [-0.39, 0.29) is 5.92 Å². The predicted molar refractivity (Wildman–Crippen MR) is 263 cm³/mol. The molecule has 1 atom stereocenters. The Morgan fingerprint density at radius 2 is 0.985 bits per heavy atom. The molecule has 1 heterocycles. The van der Waals surface area contributed by atoms with Crippen LogP contribution in [-0.2, 0) is 5.41 Å². The summed E-state index contributed by atoms with van der Waals surface area (Å²) < 4.78 is 14.0. The van der Waals surface area contributed by atoms with Gasteiger partial charge in [-0.25, -0.2) is 0 Å². The van der Waals surface area contributed by atoms with Crippen molar-refractivity contribution in [1.82, 2.24) is 0 Å². The molecule has 0 fully saturated rings. The van der Waals surface area contributed by atoms with Crippen LogP contribution in [-0.4, -0.2) is 0 Å². The van der Waals surface area contributed by atoms with Crippen LogP contribution in [0.4, 0.5) is 11.4 Å². The maximum absolute atomic E-state index is 7.05. The highest BCUT2D eigenvalue weighted by Crippen LogP contribution is 2.66. The molecule has 0 unspecified atom stereocenters. The highest BCUT2D eigenvalue weighted by molar-refractivity contribution is 6.09. The number of ether oxygens (including phenoxy) is 2. The van der Waals surface area contributed by atoms with Gasteiger partial charge in [0.05, 0.1) is 11.1 Å². The third-order valence-electron chi connectivity index (χ3n) is 14.1. The van der Waals surface area contributed by atoms with E-state index < -0.39 is 5.41 Å². The minimum atomic E-state index is -0.456. The number of para-hydroxylation sites is 2. The van der Waals surface area contributed by atoms with Gasteiger partial charge in [0.25, 0.3) is 0 Å². The van der Waals surface area contributed by atoms with Crippen molar-refractivity contribution in [1.29, 1.82) is 0 Å². The van der Waals surface area contributed by atoms with Gasteiger partial charge in [-0.2, -0.15) is 0 Å². The molecule has 1 spiro atoms. The summed E-state index contributed by atoms with van der Waals surface area (Å²) in [4.78, 5) is 2.47. The van der Waals surface area contributed by atoms with Gasteiger partial charge in [-0.15, -0.1) is 0 Å². The molecule has 0 saturated heterocycles. The zero-order valence-corrected chi connectivity index (χ0v) is 35.3. The van der Waals surface area contributed by atoms with Gasteiger partial charge in [0.1, 0.15) is 0 Å². The number of fused-ring (bicyclic) bond motifs is 14. The van der Waals surface area contributed by atoms with Crippen LogP contribution in [0, 0.1) is 5.92 Å². The number of allylic oxidation sites excluding steroid dienone is 5. The quantitative estimate of drug-likeness (QED) is 0.167. The molecule has 5 aliphatic rings. The highest BCUT2D eigenvalue weighted by Gasteiger charge is 2.53. The molecule has 9 aromatic carbocycles. The zero-order valence-electron chi connectivity index (χ0n) is 35.3. The molecule has 0 aromatic heterocycles. The average Bonchev–Trinajstić information content (AvgIpc) is 3.90. The summed E-state index contributed by atoms with van der Waals surface area (Å²) in [5.74, 6) is 3.06. The summed E-state index contributed by atoms with van der Waals surface area (Å²) >= 11 is 0. The van der Waals surface area contributed by atoms with Gasteiger partial charge in [-0.3, -0.25) is 0 Å². The third kappa shape index (κ3) is 5.12. The largest absolute Gasteiger partial charge is 0.449 e. The Kier molecular flexibility index (Phi) is 7.67. The van der Waals surface area contributed by atoms with Crippen molar-refractivity contribution in [2.45, 2.75) is 5.41 Å². The second-order valence-corrected chi connectivity index (χ2v) is 17.4. The molecule has 0 bridgehead atoms. The predicted octanol–water partition coefficient (Wildman–Crippen LogP) is 15.8. The van der Waals surface area contributed by atoms with Crippen LogP contribution in [0.5, 0.6) is 23.0 Å². The fraction of sp³-hybridized carbons (Fsp3) is 0.0323. The summed E-state index contributed by atoms with van der Waals surface area (Å²) in [7, 11) is 0. The molecular formula is C62H39NO2. The van der Waals surface area contributed by atoms with E-state index in [2.05, 4.69) is 235 Å². The van der Waals surface area contributed by atoms with Crippen molar-refractivity contribution in [2.24, 2.45) is 5.92 Å². The van der Waals surface area contributed by atoms with Crippen LogP contribution in [0.1, 0.15) is 33.4 Å². The number of hydrogen-bond acceptors (Lipinski definition) is 3. The molecule has 3 heteroatoms. The first-order valence-corrected chi connectivity index (χ1v) is 22.5. The van der Waals surface area contributed by atoms with Gasteiger partial charge in [0, 0.05) is 28.4 Å². The standard InChI is InChI=1S/C62H39NO2/c1-4-18-39(19-5-1)44-33-34-48-59(57(44)40-20-6-2-7-21-40)60(48)63(42-22-8-3-9-23-42)53-31-17-13-24-43(53)41-32-36-54-56(38-41)64-55-37-35-52-58(61(55)65-54)47-27-12-16-30-51(47)62(52)49-28-14-10-25-45(49)46-26-11-15-29-50(46)62/h1-38,48H/t48-/m0/s1. The van der Waals surface area contributed by atoms with Gasteiger partial charge < -0.3 is 14.4 Å². The maximum Gasteiger partial charge on any atom is 0.178 e. The van der Waals surface area contributed by atoms with Crippen molar-refractivity contribution in [3.63, 3.8) is 0 Å². The van der Waals surface area contributed by atoms with Crippen LogP contribution < -0.4 is 14.4 Å². The smallest absolute Gasteiger partial charge is 0.178 e. The Bertz CT molecular complexity index is 3500. The van der Waals surface area contributed by atoms with Crippen molar-refractivity contribution >= 4 is 22.5 Å². The van der Waals surface area contributed by atoms with E-state index in [1.165, 1.54) is 72.5 Å². The summed E-state index contributed by atoms with van der Waals surface area (Å²) in [6, 6.07) is 78.6. The van der Waals surface area contributed by atoms with Crippen molar-refractivity contribution in [2.75, 3.05) is 4.90 Å². The van der Waals surface area contributed by atoms with Crippen LogP contribution in [0.15, 0.2) is 242 Å². The molecule has 1 aliphatic heterocycles. The molecular weight excluding hydrogens is 791 g/mol. The number of hydrogen-bond donors (Lipinski definition) is 0. The number of rotatable bonds is 6. The van der Waals surface area contributed by atoms with Crippen molar-refractivity contribution < 1.29 is 9.47 Å². The normalized spacial score (nSPS) is 16.0. The lowest BCUT2D eigenvalue weighted by molar-refractivity contribution is 0.360. The van der Waals surface area contributed by atoms with Crippen LogP contribution in [0.25, 0.3) is 44.5 Å². The fourth-order valence-electron chi connectivity index (χ4n) is 11.4. The lowest BCUT2D eigenvalue weighted by atomic mass is 9.70. The minimum Gasteiger partial charge on any atom is -0.449 e. The van der Waals surface area contributed by atoms with Crippen molar-refractivity contribution in [3.05, 3.63) is 275 Å². The first kappa shape index (κ1) is 36.1. The Balaban J connectivity index is 0.886. The summed E-state index contributed by atoms with van der Waals surface area (Å²) in [6.45, 7) is 0. The number of anilines is 2. The zero-order chi connectivity index (χ0) is 42.6. The second kappa shape index (κ2) is 13.8. The van der Waals surface area contributed by atoms with E-state index in [1.807, 2.05) is 0 Å². The Labute approximate surface area is 378 Å². The topological polar surface area (TPSA) is 21.7 Å². The number of benzene rings is 9. The van der Waals surface area contributed by atoms with Crippen LogP contribution >= 0.6 is 0 Å². The molecule has 65 heavy (non-hydrogen) atoms. The molecule has 0 saturated carbocycles. The van der Waals surface area contributed by atoms with Gasteiger partial charge in [-0.1, -0.05) is 194 Å². The van der Waals surface area contributed by atoms with E-state index in [1.54, 1.807) is 0 Å². The summed E-state index contributed by atoms with van der Waals surface area (Å²) in [5.41, 5.74) is 21.5. The molecule has 0 N–H and O–H groups in total. The van der Waals surface area contributed by atoms with E-state index in [0.29, 0.717) is 17.2 Å². The van der Waals surface area contributed by atoms with Crippen LogP contribution in [0.3, 0.4) is 0 Å².